The van der Waals surface area contributed by atoms with Crippen LogP contribution in [0.25, 0.3) is 16.9 Å². The lowest BCUT2D eigenvalue weighted by Gasteiger charge is -2.14. The molecule has 0 N–H and O–H groups in total. The fourth-order valence-corrected chi connectivity index (χ4v) is 4.12. The molecular weight excluding hydrogens is 376 g/mol. The molecule has 0 spiro atoms. The Morgan fingerprint density at radius 3 is 2.61 bits per heavy atom. The van der Waals surface area contributed by atoms with Crippen LogP contribution in [-0.2, 0) is 6.54 Å². The molecule has 2 fully saturated rings. The molecule has 28 heavy (non-hydrogen) atoms. The summed E-state index contributed by atoms with van der Waals surface area (Å²) in [5.74, 6) is 0.413. The van der Waals surface area contributed by atoms with Crippen LogP contribution in [0, 0.1) is 5.92 Å². The Bertz CT molecular complexity index is 1120. The van der Waals surface area contributed by atoms with Crippen LogP contribution in [0.4, 0.5) is 0 Å². The van der Waals surface area contributed by atoms with Gasteiger partial charge in [0, 0.05) is 42.6 Å². The number of halogens is 1. The molecule has 0 radical (unpaired) electrons. The van der Waals surface area contributed by atoms with Crippen LogP contribution in [0.1, 0.15) is 36.2 Å². The molecule has 1 aromatic carbocycles. The smallest absolute Gasteiger partial charge is 0.294 e. The number of carbonyl (C=O) groups excluding carboxylic acids is 1. The number of benzene rings is 1. The molecule has 0 unspecified atom stereocenters. The number of carbonyl (C=O) groups is 1. The third-order valence-electron chi connectivity index (χ3n) is 5.62. The third kappa shape index (κ3) is 3.02. The summed E-state index contributed by atoms with van der Waals surface area (Å²) in [6.07, 6.45) is 7.83. The zero-order valence-electron chi connectivity index (χ0n) is 15.5. The Morgan fingerprint density at radius 2 is 1.89 bits per heavy atom. The van der Waals surface area contributed by atoms with Crippen molar-refractivity contribution in [1.82, 2.24) is 18.9 Å². The molecule has 2 aliphatic rings. The van der Waals surface area contributed by atoms with Gasteiger partial charge in [0.2, 0.25) is 5.65 Å². The van der Waals surface area contributed by atoms with Crippen molar-refractivity contribution in [3.05, 3.63) is 57.7 Å². The second-order valence-electron chi connectivity index (χ2n) is 7.71. The summed E-state index contributed by atoms with van der Waals surface area (Å²) in [5, 5.41) is 0.597. The van der Waals surface area contributed by atoms with Gasteiger partial charge in [-0.3, -0.25) is 14.0 Å². The molecule has 2 aromatic heterocycles. The molecule has 0 bridgehead atoms. The first-order valence-electron chi connectivity index (χ1n) is 9.78. The van der Waals surface area contributed by atoms with Crippen molar-refractivity contribution in [3.8, 4) is 11.3 Å². The first-order chi connectivity index (χ1) is 13.6. The van der Waals surface area contributed by atoms with Crippen molar-refractivity contribution < 1.29 is 4.79 Å². The highest BCUT2D eigenvalue weighted by atomic mass is 35.5. The molecule has 5 rings (SSSR count). The lowest BCUT2D eigenvalue weighted by Crippen LogP contribution is -2.28. The molecule has 1 saturated carbocycles. The second-order valence-corrected chi connectivity index (χ2v) is 8.12. The van der Waals surface area contributed by atoms with E-state index < -0.39 is 0 Å². The van der Waals surface area contributed by atoms with Crippen LogP contribution in [0.3, 0.4) is 0 Å². The SMILES string of the molecule is O=C(c1cn2cc(-c3ccccc3Cl)n(CC3CC3)c(=O)c2n1)N1CCCC1. The lowest BCUT2D eigenvalue weighted by molar-refractivity contribution is 0.0787. The fraction of sp³-hybridized carbons (Fsp3) is 0.381. The predicted octanol–water partition coefficient (Wildman–Crippen LogP) is 3.46. The van der Waals surface area contributed by atoms with Gasteiger partial charge in [0.1, 0.15) is 5.69 Å². The van der Waals surface area contributed by atoms with Gasteiger partial charge in [-0.15, -0.1) is 0 Å². The Labute approximate surface area is 167 Å². The normalized spacial score (nSPS) is 16.8. The summed E-state index contributed by atoms with van der Waals surface area (Å²) >= 11 is 6.43. The van der Waals surface area contributed by atoms with Crippen molar-refractivity contribution in [1.29, 1.82) is 0 Å². The molecule has 1 saturated heterocycles. The first kappa shape index (κ1) is 17.5. The highest BCUT2D eigenvalue weighted by Crippen LogP contribution is 2.33. The van der Waals surface area contributed by atoms with Crippen LogP contribution in [0.5, 0.6) is 0 Å². The van der Waals surface area contributed by atoms with Gasteiger partial charge >= 0.3 is 0 Å². The summed E-state index contributed by atoms with van der Waals surface area (Å²) in [5.41, 5.74) is 2.01. The van der Waals surface area contributed by atoms with Crippen molar-refractivity contribution in [3.63, 3.8) is 0 Å². The highest BCUT2D eigenvalue weighted by molar-refractivity contribution is 6.33. The molecule has 0 atom stereocenters. The molecule has 1 amide bonds. The molecule has 3 aromatic rings. The van der Waals surface area contributed by atoms with E-state index in [4.69, 9.17) is 11.6 Å². The van der Waals surface area contributed by atoms with Gasteiger partial charge < -0.3 is 9.47 Å². The zero-order chi connectivity index (χ0) is 19.3. The maximum Gasteiger partial charge on any atom is 0.294 e. The van der Waals surface area contributed by atoms with E-state index in [0.717, 1.165) is 50.0 Å². The fourth-order valence-electron chi connectivity index (χ4n) is 3.89. The Kier molecular flexibility index (Phi) is 4.23. The molecule has 7 heteroatoms. The van der Waals surface area contributed by atoms with E-state index in [2.05, 4.69) is 4.98 Å². The Balaban J connectivity index is 1.67. The van der Waals surface area contributed by atoms with E-state index in [0.29, 0.717) is 28.8 Å². The Hall–Kier alpha value is -2.60. The van der Waals surface area contributed by atoms with Gasteiger partial charge in [0.05, 0.1) is 5.69 Å². The van der Waals surface area contributed by atoms with Gasteiger partial charge in [-0.1, -0.05) is 29.8 Å². The van der Waals surface area contributed by atoms with E-state index in [-0.39, 0.29) is 11.5 Å². The number of aromatic nitrogens is 3. The summed E-state index contributed by atoms with van der Waals surface area (Å²) in [4.78, 5) is 32.2. The average molecular weight is 397 g/mol. The van der Waals surface area contributed by atoms with Crippen molar-refractivity contribution in [2.24, 2.45) is 5.92 Å². The standard InChI is InChI=1S/C21H21ClN4O2/c22-16-6-2-1-5-15(16)18-13-25-12-17(20(27)24-9-3-4-10-24)23-19(25)21(28)26(18)11-14-7-8-14/h1-2,5-6,12-14H,3-4,7-11H2. The summed E-state index contributed by atoms with van der Waals surface area (Å²) in [7, 11) is 0. The summed E-state index contributed by atoms with van der Waals surface area (Å²) in [6.45, 7) is 2.16. The Morgan fingerprint density at radius 1 is 1.14 bits per heavy atom. The van der Waals surface area contributed by atoms with E-state index >= 15 is 0 Å². The van der Waals surface area contributed by atoms with Gasteiger partial charge in [0.25, 0.3) is 11.5 Å². The maximum absolute atomic E-state index is 13.3. The van der Waals surface area contributed by atoms with Gasteiger partial charge in [-0.05, 0) is 37.7 Å². The van der Waals surface area contributed by atoms with Crippen molar-refractivity contribution >= 4 is 23.2 Å². The van der Waals surface area contributed by atoms with Crippen LogP contribution in [-0.4, -0.2) is 37.8 Å². The van der Waals surface area contributed by atoms with Crippen molar-refractivity contribution in [2.75, 3.05) is 13.1 Å². The molecule has 1 aliphatic carbocycles. The predicted molar refractivity (Wildman–Crippen MR) is 108 cm³/mol. The second kappa shape index (κ2) is 6.78. The monoisotopic (exact) mass is 396 g/mol. The first-order valence-corrected chi connectivity index (χ1v) is 10.2. The molecule has 144 valence electrons. The minimum absolute atomic E-state index is 0.103. The van der Waals surface area contributed by atoms with Crippen LogP contribution < -0.4 is 5.56 Å². The zero-order valence-corrected chi connectivity index (χ0v) is 16.2. The third-order valence-corrected chi connectivity index (χ3v) is 5.95. The van der Waals surface area contributed by atoms with E-state index in [1.165, 1.54) is 0 Å². The largest absolute Gasteiger partial charge is 0.337 e. The van der Waals surface area contributed by atoms with Gasteiger partial charge in [-0.2, -0.15) is 0 Å². The molecule has 1 aliphatic heterocycles. The van der Waals surface area contributed by atoms with E-state index in [1.54, 1.807) is 20.1 Å². The average Bonchev–Trinajstić information content (AvgIpc) is 3.18. The van der Waals surface area contributed by atoms with Gasteiger partial charge in [-0.25, -0.2) is 4.98 Å². The minimum atomic E-state index is -0.176. The van der Waals surface area contributed by atoms with Crippen molar-refractivity contribution in [2.45, 2.75) is 32.2 Å². The number of imidazole rings is 1. The summed E-state index contributed by atoms with van der Waals surface area (Å²) in [6, 6.07) is 7.52. The minimum Gasteiger partial charge on any atom is -0.337 e. The highest BCUT2D eigenvalue weighted by Gasteiger charge is 2.27. The van der Waals surface area contributed by atoms with E-state index in [1.807, 2.05) is 30.5 Å². The maximum atomic E-state index is 13.3. The number of hydrogen-bond acceptors (Lipinski definition) is 3. The van der Waals surface area contributed by atoms with E-state index in [9.17, 15) is 9.59 Å². The topological polar surface area (TPSA) is 59.6 Å². The summed E-state index contributed by atoms with van der Waals surface area (Å²) < 4.78 is 3.44. The van der Waals surface area contributed by atoms with Gasteiger partial charge in [0.15, 0.2) is 0 Å². The number of rotatable bonds is 4. The number of likely N-dealkylation sites (tertiary alicyclic amines) is 1. The number of fused-ring (bicyclic) bond motifs is 1. The molecule has 6 nitrogen and oxygen atoms in total. The molecule has 3 heterocycles. The number of nitrogens with zero attached hydrogens (tertiary/aromatic N) is 4. The van der Waals surface area contributed by atoms with Crippen LogP contribution in [0.15, 0.2) is 41.5 Å². The van der Waals surface area contributed by atoms with Crippen LogP contribution in [0.2, 0.25) is 5.02 Å². The number of hydrogen-bond donors (Lipinski definition) is 0. The van der Waals surface area contributed by atoms with Crippen LogP contribution >= 0.6 is 11.6 Å². The lowest BCUT2D eigenvalue weighted by atomic mass is 10.1. The number of amides is 1. The molecular formula is C21H21ClN4O2. The quantitative estimate of drug-likeness (QED) is 0.678.